The molecule has 3 aromatic rings. The first-order valence-corrected chi connectivity index (χ1v) is 8.63. The van der Waals surface area contributed by atoms with E-state index in [1.54, 1.807) is 0 Å². The van der Waals surface area contributed by atoms with Crippen molar-refractivity contribution in [1.82, 2.24) is 4.98 Å². The van der Waals surface area contributed by atoms with Crippen molar-refractivity contribution in [2.75, 3.05) is 17.2 Å². The molecule has 0 spiro atoms. The highest BCUT2D eigenvalue weighted by molar-refractivity contribution is 5.99. The van der Waals surface area contributed by atoms with Crippen molar-refractivity contribution in [2.24, 2.45) is 5.92 Å². The SMILES string of the molecule is CCNc1cc(-c2ccccc2)nc2ccc(NC(=O)C(C)C)cc12. The Kier molecular flexibility index (Phi) is 4.98. The Balaban J connectivity index is 2.07. The zero-order chi connectivity index (χ0) is 17.8. The Bertz CT molecular complexity index is 888. The number of amides is 1. The van der Waals surface area contributed by atoms with E-state index < -0.39 is 0 Å². The molecule has 0 atom stereocenters. The van der Waals surface area contributed by atoms with E-state index in [1.165, 1.54) is 0 Å². The second kappa shape index (κ2) is 7.34. The van der Waals surface area contributed by atoms with Crippen molar-refractivity contribution < 1.29 is 4.79 Å². The van der Waals surface area contributed by atoms with Gasteiger partial charge in [-0.25, -0.2) is 4.98 Å². The standard InChI is InChI=1S/C21H23N3O/c1-4-22-20-13-19(15-8-6-5-7-9-15)24-18-11-10-16(12-17(18)20)23-21(25)14(2)3/h5-14H,4H2,1-3H3,(H,22,24)(H,23,25). The zero-order valence-electron chi connectivity index (χ0n) is 14.8. The number of fused-ring (bicyclic) bond motifs is 1. The molecule has 0 radical (unpaired) electrons. The number of nitrogens with zero attached hydrogens (tertiary/aromatic N) is 1. The summed E-state index contributed by atoms with van der Waals surface area (Å²) < 4.78 is 0. The Morgan fingerprint density at radius 2 is 1.84 bits per heavy atom. The third kappa shape index (κ3) is 3.79. The van der Waals surface area contributed by atoms with Crippen LogP contribution in [0.1, 0.15) is 20.8 Å². The van der Waals surface area contributed by atoms with Gasteiger partial charge in [-0.15, -0.1) is 0 Å². The Hall–Kier alpha value is -2.88. The third-order valence-electron chi connectivity index (χ3n) is 4.04. The van der Waals surface area contributed by atoms with E-state index in [0.717, 1.165) is 40.1 Å². The normalized spacial score (nSPS) is 10.9. The van der Waals surface area contributed by atoms with Crippen LogP contribution >= 0.6 is 0 Å². The molecule has 4 nitrogen and oxygen atoms in total. The number of anilines is 2. The first kappa shape index (κ1) is 17.0. The molecule has 0 aliphatic rings. The van der Waals surface area contributed by atoms with E-state index in [4.69, 9.17) is 4.98 Å². The van der Waals surface area contributed by atoms with Crippen molar-refractivity contribution in [3.8, 4) is 11.3 Å². The van der Waals surface area contributed by atoms with Gasteiger partial charge in [0.15, 0.2) is 0 Å². The second-order valence-corrected chi connectivity index (χ2v) is 6.33. The van der Waals surface area contributed by atoms with Crippen molar-refractivity contribution in [1.29, 1.82) is 0 Å². The molecule has 1 aromatic heterocycles. The molecule has 128 valence electrons. The molecule has 0 bridgehead atoms. The van der Waals surface area contributed by atoms with Gasteiger partial charge in [0.1, 0.15) is 0 Å². The molecule has 3 rings (SSSR count). The smallest absolute Gasteiger partial charge is 0.226 e. The van der Waals surface area contributed by atoms with Crippen LogP contribution in [-0.2, 0) is 4.79 Å². The summed E-state index contributed by atoms with van der Waals surface area (Å²) in [5.41, 5.74) is 4.73. The van der Waals surface area contributed by atoms with Crippen LogP contribution in [0.25, 0.3) is 22.2 Å². The zero-order valence-corrected chi connectivity index (χ0v) is 14.8. The fourth-order valence-corrected chi connectivity index (χ4v) is 2.68. The van der Waals surface area contributed by atoms with Crippen LogP contribution in [0, 0.1) is 5.92 Å². The van der Waals surface area contributed by atoms with E-state index in [9.17, 15) is 4.79 Å². The molecule has 0 unspecified atom stereocenters. The minimum absolute atomic E-state index is 0.0122. The fourth-order valence-electron chi connectivity index (χ4n) is 2.68. The van der Waals surface area contributed by atoms with Gasteiger partial charge in [0.05, 0.1) is 11.2 Å². The molecule has 0 aliphatic heterocycles. The van der Waals surface area contributed by atoms with Gasteiger partial charge in [-0.2, -0.15) is 0 Å². The summed E-state index contributed by atoms with van der Waals surface area (Å²) in [5, 5.41) is 7.37. The summed E-state index contributed by atoms with van der Waals surface area (Å²) in [4.78, 5) is 16.7. The van der Waals surface area contributed by atoms with Gasteiger partial charge >= 0.3 is 0 Å². The van der Waals surface area contributed by atoms with E-state index >= 15 is 0 Å². The van der Waals surface area contributed by atoms with E-state index in [0.29, 0.717) is 0 Å². The fraction of sp³-hybridized carbons (Fsp3) is 0.238. The molecule has 2 aromatic carbocycles. The average molecular weight is 333 g/mol. The number of pyridine rings is 1. The maximum atomic E-state index is 12.0. The van der Waals surface area contributed by atoms with Crippen LogP contribution in [-0.4, -0.2) is 17.4 Å². The second-order valence-electron chi connectivity index (χ2n) is 6.33. The highest BCUT2D eigenvalue weighted by atomic mass is 16.1. The Morgan fingerprint density at radius 3 is 2.52 bits per heavy atom. The number of nitrogens with one attached hydrogen (secondary N) is 2. The molecule has 0 aliphatic carbocycles. The summed E-state index contributed by atoms with van der Waals surface area (Å²) in [7, 11) is 0. The predicted octanol–water partition coefficient (Wildman–Crippen LogP) is 4.93. The maximum absolute atomic E-state index is 12.0. The topological polar surface area (TPSA) is 54.0 Å². The summed E-state index contributed by atoms with van der Waals surface area (Å²) in [6, 6.07) is 18.0. The van der Waals surface area contributed by atoms with Crippen LogP contribution in [0.15, 0.2) is 54.6 Å². The molecule has 0 saturated heterocycles. The molecule has 2 N–H and O–H groups in total. The Morgan fingerprint density at radius 1 is 1.08 bits per heavy atom. The van der Waals surface area contributed by atoms with Gasteiger partial charge in [0, 0.05) is 34.8 Å². The summed E-state index contributed by atoms with van der Waals surface area (Å²) in [6.07, 6.45) is 0. The van der Waals surface area contributed by atoms with Crippen molar-refractivity contribution in [2.45, 2.75) is 20.8 Å². The molecular weight excluding hydrogens is 310 g/mol. The summed E-state index contributed by atoms with van der Waals surface area (Å²) >= 11 is 0. The van der Waals surface area contributed by atoms with Gasteiger partial charge in [0.25, 0.3) is 0 Å². The Labute approximate surface area is 148 Å². The molecule has 0 fully saturated rings. The lowest BCUT2D eigenvalue weighted by Gasteiger charge is -2.13. The summed E-state index contributed by atoms with van der Waals surface area (Å²) in [6.45, 7) is 6.65. The van der Waals surface area contributed by atoms with Crippen LogP contribution in [0.4, 0.5) is 11.4 Å². The highest BCUT2D eigenvalue weighted by Gasteiger charge is 2.11. The molecule has 25 heavy (non-hydrogen) atoms. The number of carbonyl (C=O) groups is 1. The number of carbonyl (C=O) groups excluding carboxylic acids is 1. The minimum atomic E-state index is -0.0532. The van der Waals surface area contributed by atoms with E-state index in [1.807, 2.05) is 50.2 Å². The van der Waals surface area contributed by atoms with Gasteiger partial charge in [-0.3, -0.25) is 4.79 Å². The van der Waals surface area contributed by atoms with Gasteiger partial charge < -0.3 is 10.6 Å². The first-order valence-electron chi connectivity index (χ1n) is 8.63. The van der Waals surface area contributed by atoms with Gasteiger partial charge in [-0.05, 0) is 31.2 Å². The van der Waals surface area contributed by atoms with Crippen LogP contribution < -0.4 is 10.6 Å². The monoisotopic (exact) mass is 333 g/mol. The lowest BCUT2D eigenvalue weighted by Crippen LogP contribution is -2.17. The number of hydrogen-bond acceptors (Lipinski definition) is 3. The molecule has 0 saturated carbocycles. The van der Waals surface area contributed by atoms with Crippen LogP contribution in [0.3, 0.4) is 0 Å². The van der Waals surface area contributed by atoms with Crippen molar-refractivity contribution in [3.63, 3.8) is 0 Å². The molecule has 1 heterocycles. The highest BCUT2D eigenvalue weighted by Crippen LogP contribution is 2.30. The van der Waals surface area contributed by atoms with Crippen molar-refractivity contribution >= 4 is 28.2 Å². The molecule has 4 heteroatoms. The predicted molar refractivity (Wildman–Crippen MR) is 105 cm³/mol. The number of rotatable bonds is 5. The lowest BCUT2D eigenvalue weighted by molar-refractivity contribution is -0.118. The van der Waals surface area contributed by atoms with Crippen LogP contribution in [0.2, 0.25) is 0 Å². The van der Waals surface area contributed by atoms with E-state index in [2.05, 4.69) is 35.8 Å². The quantitative estimate of drug-likeness (QED) is 0.696. The lowest BCUT2D eigenvalue weighted by atomic mass is 10.1. The molecule has 1 amide bonds. The van der Waals surface area contributed by atoms with Crippen LogP contribution in [0.5, 0.6) is 0 Å². The number of benzene rings is 2. The maximum Gasteiger partial charge on any atom is 0.226 e. The van der Waals surface area contributed by atoms with Crippen molar-refractivity contribution in [3.05, 3.63) is 54.6 Å². The number of hydrogen-bond donors (Lipinski definition) is 2. The minimum Gasteiger partial charge on any atom is -0.385 e. The largest absolute Gasteiger partial charge is 0.385 e. The first-order chi connectivity index (χ1) is 12.1. The average Bonchev–Trinajstić information content (AvgIpc) is 2.62. The van der Waals surface area contributed by atoms with Gasteiger partial charge in [0.2, 0.25) is 5.91 Å². The van der Waals surface area contributed by atoms with E-state index in [-0.39, 0.29) is 11.8 Å². The number of aromatic nitrogens is 1. The third-order valence-corrected chi connectivity index (χ3v) is 4.04. The van der Waals surface area contributed by atoms with Gasteiger partial charge in [-0.1, -0.05) is 44.2 Å². The summed E-state index contributed by atoms with van der Waals surface area (Å²) in [5.74, 6) is -0.0410. The molecular formula is C21H23N3O.